The van der Waals surface area contributed by atoms with Crippen LogP contribution in [0.4, 0.5) is 0 Å². The molecule has 7 heteroatoms. The highest BCUT2D eigenvalue weighted by molar-refractivity contribution is 6.36. The molecule has 1 heterocycles. The first-order chi connectivity index (χ1) is 11.0. The Bertz CT molecular complexity index is 572. The van der Waals surface area contributed by atoms with Crippen LogP contribution in [0.2, 0.25) is 10.0 Å². The Morgan fingerprint density at radius 2 is 1.78 bits per heavy atom. The standard InChI is InChI=1S/C16H20Cl2N2O3/c1-2-9-23-11-15(21)19-5-7-20(8-6-19)16(22)13-4-3-12(17)10-14(13)18/h3-4,10H,2,5-9,11H2,1H3. The van der Waals surface area contributed by atoms with Crippen LogP contribution >= 0.6 is 23.2 Å². The Labute approximate surface area is 146 Å². The van der Waals surface area contributed by atoms with Gasteiger partial charge in [-0.05, 0) is 24.6 Å². The minimum atomic E-state index is -0.138. The fraction of sp³-hybridized carbons (Fsp3) is 0.500. The van der Waals surface area contributed by atoms with Crippen LogP contribution in [0.1, 0.15) is 23.7 Å². The molecule has 0 aliphatic carbocycles. The number of benzene rings is 1. The smallest absolute Gasteiger partial charge is 0.255 e. The number of nitrogens with zero attached hydrogens (tertiary/aromatic N) is 2. The van der Waals surface area contributed by atoms with Crippen LogP contribution in [0.25, 0.3) is 0 Å². The Morgan fingerprint density at radius 1 is 1.13 bits per heavy atom. The first kappa shape index (κ1) is 18.0. The quantitative estimate of drug-likeness (QED) is 0.760. The van der Waals surface area contributed by atoms with Crippen molar-refractivity contribution in [3.63, 3.8) is 0 Å². The first-order valence-corrected chi connectivity index (χ1v) is 8.38. The molecule has 0 N–H and O–H groups in total. The Kier molecular flexibility index (Phi) is 6.69. The second kappa shape index (κ2) is 8.52. The predicted molar refractivity (Wildman–Crippen MR) is 90.1 cm³/mol. The minimum absolute atomic E-state index is 0.0323. The van der Waals surface area contributed by atoms with E-state index in [2.05, 4.69) is 0 Å². The lowest BCUT2D eigenvalue weighted by Crippen LogP contribution is -2.51. The summed E-state index contributed by atoms with van der Waals surface area (Å²) in [4.78, 5) is 27.9. The van der Waals surface area contributed by atoms with Crippen molar-refractivity contribution in [2.24, 2.45) is 0 Å². The molecule has 1 aliphatic heterocycles. The molecule has 0 bridgehead atoms. The van der Waals surface area contributed by atoms with Gasteiger partial charge >= 0.3 is 0 Å². The van der Waals surface area contributed by atoms with E-state index in [1.54, 1.807) is 28.0 Å². The van der Waals surface area contributed by atoms with Crippen LogP contribution in [-0.2, 0) is 9.53 Å². The van der Waals surface area contributed by atoms with Gasteiger partial charge in [-0.1, -0.05) is 30.1 Å². The fourth-order valence-electron chi connectivity index (χ4n) is 2.39. The maximum absolute atomic E-state index is 12.5. The van der Waals surface area contributed by atoms with E-state index in [-0.39, 0.29) is 18.4 Å². The fourth-order valence-corrected chi connectivity index (χ4v) is 2.88. The number of halogens is 2. The molecule has 0 saturated carbocycles. The maximum atomic E-state index is 12.5. The van der Waals surface area contributed by atoms with Crippen LogP contribution < -0.4 is 0 Å². The number of rotatable bonds is 5. The van der Waals surface area contributed by atoms with Gasteiger partial charge in [0.25, 0.3) is 5.91 Å². The lowest BCUT2D eigenvalue weighted by atomic mass is 10.1. The monoisotopic (exact) mass is 358 g/mol. The molecule has 1 saturated heterocycles. The van der Waals surface area contributed by atoms with Crippen LogP contribution in [0.15, 0.2) is 18.2 Å². The number of piperazine rings is 1. The van der Waals surface area contributed by atoms with E-state index in [1.807, 2.05) is 6.92 Å². The van der Waals surface area contributed by atoms with Crippen molar-refractivity contribution < 1.29 is 14.3 Å². The van der Waals surface area contributed by atoms with Crippen molar-refractivity contribution >= 4 is 35.0 Å². The van der Waals surface area contributed by atoms with Crippen molar-refractivity contribution in [2.45, 2.75) is 13.3 Å². The summed E-state index contributed by atoms with van der Waals surface area (Å²) in [5.74, 6) is -0.170. The van der Waals surface area contributed by atoms with E-state index >= 15 is 0 Å². The van der Waals surface area contributed by atoms with Gasteiger partial charge in [0.1, 0.15) is 6.61 Å². The summed E-state index contributed by atoms with van der Waals surface area (Å²) in [7, 11) is 0. The zero-order valence-electron chi connectivity index (χ0n) is 13.1. The highest BCUT2D eigenvalue weighted by Crippen LogP contribution is 2.22. The van der Waals surface area contributed by atoms with E-state index in [9.17, 15) is 9.59 Å². The molecular weight excluding hydrogens is 339 g/mol. The van der Waals surface area contributed by atoms with Gasteiger partial charge in [0, 0.05) is 37.8 Å². The SMILES string of the molecule is CCCOCC(=O)N1CCN(C(=O)c2ccc(Cl)cc2Cl)CC1. The van der Waals surface area contributed by atoms with E-state index in [0.717, 1.165) is 6.42 Å². The molecule has 2 rings (SSSR count). The van der Waals surface area contributed by atoms with Gasteiger partial charge in [0.05, 0.1) is 10.6 Å². The van der Waals surface area contributed by atoms with E-state index < -0.39 is 0 Å². The third-order valence-corrected chi connectivity index (χ3v) is 4.20. The van der Waals surface area contributed by atoms with Crippen LogP contribution in [0.3, 0.4) is 0 Å². The zero-order chi connectivity index (χ0) is 16.8. The molecule has 0 aromatic heterocycles. The second-order valence-electron chi connectivity index (χ2n) is 5.35. The second-order valence-corrected chi connectivity index (χ2v) is 6.19. The summed E-state index contributed by atoms with van der Waals surface area (Å²) in [6, 6.07) is 4.83. The average Bonchev–Trinajstić information content (AvgIpc) is 2.54. The molecule has 1 aromatic rings. The van der Waals surface area contributed by atoms with E-state index in [4.69, 9.17) is 27.9 Å². The molecule has 1 fully saturated rings. The van der Waals surface area contributed by atoms with Crippen LogP contribution in [0.5, 0.6) is 0 Å². The lowest BCUT2D eigenvalue weighted by Gasteiger charge is -2.35. The molecule has 2 amide bonds. The average molecular weight is 359 g/mol. The molecular formula is C16H20Cl2N2O3. The van der Waals surface area contributed by atoms with Gasteiger partial charge in [-0.2, -0.15) is 0 Å². The highest BCUT2D eigenvalue weighted by atomic mass is 35.5. The van der Waals surface area contributed by atoms with Gasteiger partial charge in [-0.25, -0.2) is 0 Å². The third-order valence-electron chi connectivity index (χ3n) is 3.66. The van der Waals surface area contributed by atoms with Gasteiger partial charge in [-0.3, -0.25) is 9.59 Å². The highest BCUT2D eigenvalue weighted by Gasteiger charge is 2.25. The largest absolute Gasteiger partial charge is 0.372 e. The normalized spacial score (nSPS) is 14.9. The molecule has 0 unspecified atom stereocenters. The third kappa shape index (κ3) is 4.83. The van der Waals surface area contributed by atoms with E-state index in [0.29, 0.717) is 48.4 Å². The summed E-state index contributed by atoms with van der Waals surface area (Å²) in [6.45, 7) is 4.66. The van der Waals surface area contributed by atoms with Crippen molar-refractivity contribution in [2.75, 3.05) is 39.4 Å². The van der Waals surface area contributed by atoms with Crippen molar-refractivity contribution in [3.05, 3.63) is 33.8 Å². The van der Waals surface area contributed by atoms with Gasteiger partial charge < -0.3 is 14.5 Å². The molecule has 1 aromatic carbocycles. The molecule has 0 radical (unpaired) electrons. The molecule has 5 nitrogen and oxygen atoms in total. The predicted octanol–water partition coefficient (Wildman–Crippen LogP) is 2.70. The molecule has 126 valence electrons. The summed E-state index contributed by atoms with van der Waals surface area (Å²) >= 11 is 11.9. The minimum Gasteiger partial charge on any atom is -0.372 e. The van der Waals surface area contributed by atoms with Gasteiger partial charge in [-0.15, -0.1) is 0 Å². The van der Waals surface area contributed by atoms with Crippen LogP contribution in [-0.4, -0.2) is 61.0 Å². The first-order valence-electron chi connectivity index (χ1n) is 7.62. The Morgan fingerprint density at radius 3 is 2.39 bits per heavy atom. The van der Waals surface area contributed by atoms with Crippen molar-refractivity contribution in [1.29, 1.82) is 0 Å². The Balaban J connectivity index is 1.88. The number of carbonyl (C=O) groups excluding carboxylic acids is 2. The van der Waals surface area contributed by atoms with Crippen molar-refractivity contribution in [3.8, 4) is 0 Å². The number of hydrogen-bond donors (Lipinski definition) is 0. The zero-order valence-corrected chi connectivity index (χ0v) is 14.6. The topological polar surface area (TPSA) is 49.9 Å². The molecule has 0 atom stereocenters. The molecule has 23 heavy (non-hydrogen) atoms. The lowest BCUT2D eigenvalue weighted by molar-refractivity contribution is -0.137. The van der Waals surface area contributed by atoms with Gasteiger partial charge in [0.15, 0.2) is 0 Å². The number of ether oxygens (including phenoxy) is 1. The Hall–Kier alpha value is -1.30. The van der Waals surface area contributed by atoms with Crippen molar-refractivity contribution in [1.82, 2.24) is 9.80 Å². The summed E-state index contributed by atoms with van der Waals surface area (Å²) in [5.41, 5.74) is 0.433. The van der Waals surface area contributed by atoms with Gasteiger partial charge in [0.2, 0.25) is 5.91 Å². The summed E-state index contributed by atoms with van der Waals surface area (Å²) in [5, 5.41) is 0.836. The van der Waals surface area contributed by atoms with Crippen LogP contribution in [0, 0.1) is 0 Å². The number of carbonyl (C=O) groups is 2. The number of amides is 2. The number of hydrogen-bond acceptors (Lipinski definition) is 3. The van der Waals surface area contributed by atoms with E-state index in [1.165, 1.54) is 0 Å². The molecule has 1 aliphatic rings. The molecule has 0 spiro atoms. The summed E-state index contributed by atoms with van der Waals surface area (Å²) < 4.78 is 5.27. The summed E-state index contributed by atoms with van der Waals surface area (Å²) in [6.07, 6.45) is 0.886. The maximum Gasteiger partial charge on any atom is 0.255 e.